The largest absolute Gasteiger partial charge is 0.478 e. The third kappa shape index (κ3) is 2.26. The van der Waals surface area contributed by atoms with Crippen molar-refractivity contribution in [1.29, 1.82) is 0 Å². The lowest BCUT2D eigenvalue weighted by Gasteiger charge is -2.05. The minimum atomic E-state index is -1.15. The highest BCUT2D eigenvalue weighted by Gasteiger charge is 2.12. The van der Waals surface area contributed by atoms with E-state index in [1.54, 1.807) is 6.07 Å². The van der Waals surface area contributed by atoms with E-state index in [1.807, 2.05) is 0 Å². The van der Waals surface area contributed by atoms with Crippen LogP contribution < -0.4 is 0 Å². The number of halogens is 2. The molecule has 3 nitrogen and oxygen atoms in total. The number of pyridine rings is 1. The molecule has 2 aromatic rings. The molecule has 1 N–H and O–H groups in total. The highest BCUT2D eigenvalue weighted by Crippen LogP contribution is 2.26. The van der Waals surface area contributed by atoms with Crippen LogP contribution in [0.15, 0.2) is 36.7 Å². The summed E-state index contributed by atoms with van der Waals surface area (Å²) in [6, 6.07) is 5.81. The van der Waals surface area contributed by atoms with Crippen LogP contribution in [0.5, 0.6) is 0 Å². The maximum absolute atomic E-state index is 13.5. The fourth-order valence-corrected chi connectivity index (χ4v) is 1.66. The summed E-state index contributed by atoms with van der Waals surface area (Å²) in [4.78, 5) is 14.5. The molecule has 0 aliphatic carbocycles. The zero-order valence-electron chi connectivity index (χ0n) is 8.52. The fraction of sp³-hybridized carbons (Fsp3) is 0. The second-order valence-corrected chi connectivity index (χ2v) is 3.76. The van der Waals surface area contributed by atoms with Gasteiger partial charge < -0.3 is 5.11 Å². The van der Waals surface area contributed by atoms with Gasteiger partial charge in [0.2, 0.25) is 0 Å². The number of benzene rings is 1. The Morgan fingerprint density at radius 1 is 1.35 bits per heavy atom. The third-order valence-corrected chi connectivity index (χ3v) is 2.61. The first-order valence-corrected chi connectivity index (χ1v) is 5.10. The minimum Gasteiger partial charge on any atom is -0.478 e. The Kier molecular flexibility index (Phi) is 3.06. The standard InChI is InChI=1S/C12H7ClFNO2/c13-10-2-1-7(5-9(10)12(16)17)8-3-4-15-6-11(8)14/h1-6H,(H,16,17). The summed E-state index contributed by atoms with van der Waals surface area (Å²) in [6.45, 7) is 0. The number of carboxylic acids is 1. The third-order valence-electron chi connectivity index (χ3n) is 2.28. The van der Waals surface area contributed by atoms with Crippen molar-refractivity contribution in [2.75, 3.05) is 0 Å². The number of aromatic nitrogens is 1. The quantitative estimate of drug-likeness (QED) is 0.891. The van der Waals surface area contributed by atoms with Crippen LogP contribution in [0.1, 0.15) is 10.4 Å². The SMILES string of the molecule is O=C(O)c1cc(-c2ccncc2F)ccc1Cl. The van der Waals surface area contributed by atoms with Crippen molar-refractivity contribution in [2.24, 2.45) is 0 Å². The summed E-state index contributed by atoms with van der Waals surface area (Å²) in [6.07, 6.45) is 2.51. The lowest BCUT2D eigenvalue weighted by Crippen LogP contribution is -1.98. The molecule has 0 amide bonds. The molecule has 5 heteroatoms. The van der Waals surface area contributed by atoms with Gasteiger partial charge in [0.15, 0.2) is 0 Å². The molecule has 0 spiro atoms. The number of rotatable bonds is 2. The van der Waals surface area contributed by atoms with E-state index in [0.717, 1.165) is 6.20 Å². The zero-order chi connectivity index (χ0) is 12.4. The van der Waals surface area contributed by atoms with Gasteiger partial charge in [-0.25, -0.2) is 9.18 Å². The molecule has 0 radical (unpaired) electrons. The first kappa shape index (κ1) is 11.5. The van der Waals surface area contributed by atoms with Crippen LogP contribution in [0.4, 0.5) is 4.39 Å². The van der Waals surface area contributed by atoms with Crippen LogP contribution in [-0.4, -0.2) is 16.1 Å². The lowest BCUT2D eigenvalue weighted by molar-refractivity contribution is 0.0697. The molecule has 2 rings (SSSR count). The molecule has 0 aliphatic rings. The van der Waals surface area contributed by atoms with Gasteiger partial charge in [-0.1, -0.05) is 17.7 Å². The Morgan fingerprint density at radius 2 is 2.12 bits per heavy atom. The number of hydrogen-bond donors (Lipinski definition) is 1. The number of aromatic carboxylic acids is 1. The number of nitrogens with zero attached hydrogens (tertiary/aromatic N) is 1. The maximum atomic E-state index is 13.5. The van der Waals surface area contributed by atoms with E-state index in [2.05, 4.69) is 4.98 Å². The van der Waals surface area contributed by atoms with Crippen LogP contribution in [0.3, 0.4) is 0 Å². The van der Waals surface area contributed by atoms with Gasteiger partial charge in [0.25, 0.3) is 0 Å². The first-order chi connectivity index (χ1) is 8.09. The average molecular weight is 252 g/mol. The highest BCUT2D eigenvalue weighted by molar-refractivity contribution is 6.33. The summed E-state index contributed by atoms with van der Waals surface area (Å²) in [5, 5.41) is 9.04. The van der Waals surface area contributed by atoms with E-state index in [0.29, 0.717) is 11.1 Å². The molecule has 17 heavy (non-hydrogen) atoms. The summed E-state index contributed by atoms with van der Waals surface area (Å²) in [7, 11) is 0. The van der Waals surface area contributed by atoms with Crippen LogP contribution in [0.25, 0.3) is 11.1 Å². The second-order valence-electron chi connectivity index (χ2n) is 3.36. The Bertz CT molecular complexity index is 586. The summed E-state index contributed by atoms with van der Waals surface area (Å²) in [5.74, 6) is -1.66. The van der Waals surface area contributed by atoms with Crippen molar-refractivity contribution < 1.29 is 14.3 Å². The average Bonchev–Trinajstić information content (AvgIpc) is 2.30. The van der Waals surface area contributed by atoms with Crippen LogP contribution >= 0.6 is 11.6 Å². The predicted molar refractivity (Wildman–Crippen MR) is 61.6 cm³/mol. The smallest absolute Gasteiger partial charge is 0.337 e. The molecule has 1 aromatic carbocycles. The Balaban J connectivity index is 2.58. The van der Waals surface area contributed by atoms with Crippen molar-refractivity contribution in [3.05, 3.63) is 53.1 Å². The fourth-order valence-electron chi connectivity index (χ4n) is 1.47. The molecular weight excluding hydrogens is 245 g/mol. The van der Waals surface area contributed by atoms with Crippen molar-refractivity contribution in [3.8, 4) is 11.1 Å². The van der Waals surface area contributed by atoms with Gasteiger partial charge in [0.05, 0.1) is 16.8 Å². The minimum absolute atomic E-state index is 0.0552. The van der Waals surface area contributed by atoms with Gasteiger partial charge in [0.1, 0.15) is 5.82 Å². The number of hydrogen-bond acceptors (Lipinski definition) is 2. The van der Waals surface area contributed by atoms with Crippen molar-refractivity contribution >= 4 is 17.6 Å². The van der Waals surface area contributed by atoms with Crippen LogP contribution in [0, 0.1) is 5.82 Å². The molecule has 1 heterocycles. The normalized spacial score (nSPS) is 10.2. The summed E-state index contributed by atoms with van der Waals surface area (Å²) in [5.41, 5.74) is 0.686. The van der Waals surface area contributed by atoms with E-state index in [4.69, 9.17) is 16.7 Å². The van der Waals surface area contributed by atoms with Crippen LogP contribution in [0.2, 0.25) is 5.02 Å². The topological polar surface area (TPSA) is 50.2 Å². The first-order valence-electron chi connectivity index (χ1n) is 4.72. The molecule has 0 aliphatic heterocycles. The summed E-state index contributed by atoms with van der Waals surface area (Å²) < 4.78 is 13.5. The number of carboxylic acid groups (broad SMARTS) is 1. The molecule has 0 atom stereocenters. The van der Waals surface area contributed by atoms with Crippen molar-refractivity contribution in [1.82, 2.24) is 4.98 Å². The highest BCUT2D eigenvalue weighted by atomic mass is 35.5. The van der Waals surface area contributed by atoms with E-state index in [-0.39, 0.29) is 10.6 Å². The van der Waals surface area contributed by atoms with Crippen LogP contribution in [-0.2, 0) is 0 Å². The monoisotopic (exact) mass is 251 g/mol. The lowest BCUT2D eigenvalue weighted by atomic mass is 10.0. The van der Waals surface area contributed by atoms with E-state index >= 15 is 0 Å². The zero-order valence-corrected chi connectivity index (χ0v) is 9.28. The van der Waals surface area contributed by atoms with Gasteiger partial charge >= 0.3 is 5.97 Å². The molecule has 0 fully saturated rings. The van der Waals surface area contributed by atoms with Gasteiger partial charge in [0, 0.05) is 11.8 Å². The molecule has 0 unspecified atom stereocenters. The van der Waals surface area contributed by atoms with E-state index in [1.165, 1.54) is 24.4 Å². The van der Waals surface area contributed by atoms with E-state index in [9.17, 15) is 9.18 Å². The van der Waals surface area contributed by atoms with Gasteiger partial charge in [-0.3, -0.25) is 4.98 Å². The molecule has 86 valence electrons. The molecule has 0 saturated carbocycles. The Hall–Kier alpha value is -1.94. The maximum Gasteiger partial charge on any atom is 0.337 e. The molecule has 1 aromatic heterocycles. The van der Waals surface area contributed by atoms with Gasteiger partial charge in [-0.05, 0) is 23.8 Å². The second kappa shape index (κ2) is 4.51. The van der Waals surface area contributed by atoms with Gasteiger partial charge in [-0.15, -0.1) is 0 Å². The Labute approximate surface area is 101 Å². The van der Waals surface area contributed by atoms with Crippen molar-refractivity contribution in [3.63, 3.8) is 0 Å². The summed E-state index contributed by atoms with van der Waals surface area (Å²) >= 11 is 5.73. The Morgan fingerprint density at radius 3 is 2.76 bits per heavy atom. The molecular formula is C12H7ClFNO2. The number of carbonyl (C=O) groups is 1. The van der Waals surface area contributed by atoms with Crippen molar-refractivity contribution in [2.45, 2.75) is 0 Å². The van der Waals surface area contributed by atoms with E-state index < -0.39 is 11.8 Å². The molecule has 0 saturated heterocycles. The predicted octanol–water partition coefficient (Wildman–Crippen LogP) is 3.24. The molecule has 0 bridgehead atoms. The van der Waals surface area contributed by atoms with Gasteiger partial charge in [-0.2, -0.15) is 0 Å².